The van der Waals surface area contributed by atoms with Crippen molar-refractivity contribution in [1.82, 2.24) is 0 Å². The van der Waals surface area contributed by atoms with Gasteiger partial charge >= 0.3 is 0 Å². The molecular formula is C31H31N. The van der Waals surface area contributed by atoms with Gasteiger partial charge in [0.25, 0.3) is 0 Å². The fourth-order valence-electron chi connectivity index (χ4n) is 5.02. The van der Waals surface area contributed by atoms with Crippen molar-refractivity contribution >= 4 is 11.4 Å². The molecule has 1 nitrogen and oxygen atoms in total. The van der Waals surface area contributed by atoms with Crippen molar-refractivity contribution in [2.45, 2.75) is 45.4 Å². The molecule has 0 fully saturated rings. The number of nitrogens with one attached hydrogen (secondary N) is 1. The largest absolute Gasteiger partial charge is 0.355 e. The molecule has 0 amide bonds. The van der Waals surface area contributed by atoms with E-state index in [1.807, 2.05) is 0 Å². The molecule has 0 spiro atoms. The number of hydrogen-bond donors (Lipinski definition) is 1. The third-order valence-corrected chi connectivity index (χ3v) is 6.80. The summed E-state index contributed by atoms with van der Waals surface area (Å²) in [6.07, 6.45) is 0. The summed E-state index contributed by atoms with van der Waals surface area (Å²) >= 11 is 0. The summed E-state index contributed by atoms with van der Waals surface area (Å²) in [6.45, 7) is 11.5. The lowest BCUT2D eigenvalue weighted by atomic mass is 9.82. The maximum atomic E-state index is 3.75. The minimum absolute atomic E-state index is 0.00758. The lowest BCUT2D eigenvalue weighted by Crippen LogP contribution is -2.16. The van der Waals surface area contributed by atoms with Gasteiger partial charge in [-0.25, -0.2) is 0 Å². The van der Waals surface area contributed by atoms with E-state index >= 15 is 0 Å². The van der Waals surface area contributed by atoms with Crippen LogP contribution in [0.4, 0.5) is 11.4 Å². The molecule has 4 aromatic rings. The van der Waals surface area contributed by atoms with Crippen molar-refractivity contribution in [3.63, 3.8) is 0 Å². The second-order valence-electron chi connectivity index (χ2n) is 10.4. The van der Waals surface area contributed by atoms with Crippen LogP contribution in [0.2, 0.25) is 0 Å². The molecule has 32 heavy (non-hydrogen) atoms. The third kappa shape index (κ3) is 3.42. The third-order valence-electron chi connectivity index (χ3n) is 6.80. The molecule has 0 saturated carbocycles. The van der Waals surface area contributed by atoms with Crippen molar-refractivity contribution in [1.29, 1.82) is 0 Å². The molecule has 0 atom stereocenters. The van der Waals surface area contributed by atoms with E-state index < -0.39 is 0 Å². The van der Waals surface area contributed by atoms with Crippen LogP contribution in [0.5, 0.6) is 0 Å². The Morgan fingerprint density at radius 2 is 1.31 bits per heavy atom. The number of hydrogen-bond acceptors (Lipinski definition) is 1. The summed E-state index contributed by atoms with van der Waals surface area (Å²) in [4.78, 5) is 0. The number of anilines is 2. The molecule has 0 bridgehead atoms. The summed E-state index contributed by atoms with van der Waals surface area (Å²) in [5.74, 6) is 0. The van der Waals surface area contributed by atoms with Gasteiger partial charge in [-0.15, -0.1) is 0 Å². The van der Waals surface area contributed by atoms with Crippen LogP contribution < -0.4 is 5.32 Å². The van der Waals surface area contributed by atoms with Crippen LogP contribution in [0.25, 0.3) is 22.3 Å². The lowest BCUT2D eigenvalue weighted by Gasteiger charge is -2.26. The van der Waals surface area contributed by atoms with E-state index in [-0.39, 0.29) is 10.8 Å². The van der Waals surface area contributed by atoms with Gasteiger partial charge in [0.05, 0.1) is 0 Å². The Morgan fingerprint density at radius 3 is 2.06 bits per heavy atom. The molecule has 0 heterocycles. The Bertz CT molecular complexity index is 1290. The first-order chi connectivity index (χ1) is 15.2. The van der Waals surface area contributed by atoms with E-state index in [1.54, 1.807) is 0 Å². The first kappa shape index (κ1) is 20.6. The molecule has 0 aliphatic heterocycles. The van der Waals surface area contributed by atoms with Gasteiger partial charge in [0.2, 0.25) is 0 Å². The van der Waals surface area contributed by atoms with Gasteiger partial charge in [0, 0.05) is 16.8 Å². The van der Waals surface area contributed by atoms with Crippen LogP contribution in [0.15, 0.2) is 91.0 Å². The fraction of sp³-hybridized carbons (Fsp3) is 0.226. The van der Waals surface area contributed by atoms with Gasteiger partial charge in [0.15, 0.2) is 0 Å². The monoisotopic (exact) mass is 417 g/mol. The van der Waals surface area contributed by atoms with Crippen LogP contribution in [0.3, 0.4) is 0 Å². The number of benzene rings is 4. The Kier molecular flexibility index (Phi) is 4.74. The molecule has 5 rings (SSSR count). The van der Waals surface area contributed by atoms with Crippen LogP contribution in [-0.4, -0.2) is 0 Å². The molecule has 0 aromatic heterocycles. The maximum Gasteiger partial charge on any atom is 0.0422 e. The Hall–Kier alpha value is -3.32. The fourth-order valence-corrected chi connectivity index (χ4v) is 5.02. The van der Waals surface area contributed by atoms with Crippen molar-refractivity contribution in [2.24, 2.45) is 0 Å². The van der Waals surface area contributed by atoms with E-state index in [9.17, 15) is 0 Å². The zero-order valence-electron chi connectivity index (χ0n) is 19.7. The molecule has 1 aliphatic carbocycles. The highest BCUT2D eigenvalue weighted by Gasteiger charge is 2.35. The minimum atomic E-state index is 0.00758. The molecule has 0 unspecified atom stereocenters. The van der Waals surface area contributed by atoms with Crippen molar-refractivity contribution in [3.8, 4) is 22.3 Å². The first-order valence-corrected chi connectivity index (χ1v) is 11.5. The molecule has 0 saturated heterocycles. The molecule has 160 valence electrons. The van der Waals surface area contributed by atoms with Crippen molar-refractivity contribution in [2.75, 3.05) is 5.32 Å². The minimum Gasteiger partial charge on any atom is -0.355 e. The highest BCUT2D eigenvalue weighted by molar-refractivity contribution is 5.83. The smallest absolute Gasteiger partial charge is 0.0422 e. The quantitative estimate of drug-likeness (QED) is 0.351. The summed E-state index contributed by atoms with van der Waals surface area (Å²) in [5, 5.41) is 3.75. The summed E-state index contributed by atoms with van der Waals surface area (Å²) in [6, 6.07) is 33.0. The lowest BCUT2D eigenvalue weighted by molar-refractivity contribution is 0.592. The highest BCUT2D eigenvalue weighted by Crippen LogP contribution is 2.49. The zero-order valence-corrected chi connectivity index (χ0v) is 19.7. The Balaban J connectivity index is 1.55. The SMILES string of the molecule is CC(C)(C)c1cc(-c2ccccc2)ccc1Nc1ccc2c(c1)C(C)(C)c1ccccc1-2. The topological polar surface area (TPSA) is 12.0 Å². The van der Waals surface area contributed by atoms with Crippen molar-refractivity contribution in [3.05, 3.63) is 108 Å². The summed E-state index contributed by atoms with van der Waals surface area (Å²) in [7, 11) is 0. The van der Waals surface area contributed by atoms with Crippen LogP contribution in [-0.2, 0) is 10.8 Å². The number of rotatable bonds is 3. The van der Waals surface area contributed by atoms with E-state index in [0.29, 0.717) is 0 Å². The zero-order chi connectivity index (χ0) is 22.5. The van der Waals surface area contributed by atoms with Crippen LogP contribution in [0.1, 0.15) is 51.3 Å². The highest BCUT2D eigenvalue weighted by atomic mass is 14.9. The van der Waals surface area contributed by atoms with Crippen molar-refractivity contribution < 1.29 is 0 Å². The van der Waals surface area contributed by atoms with E-state index in [1.165, 1.54) is 44.6 Å². The van der Waals surface area contributed by atoms with E-state index in [4.69, 9.17) is 0 Å². The van der Waals surface area contributed by atoms with Crippen LogP contribution in [0, 0.1) is 0 Å². The predicted molar refractivity (Wildman–Crippen MR) is 138 cm³/mol. The normalized spacial score (nSPS) is 14.0. The van der Waals surface area contributed by atoms with Gasteiger partial charge in [-0.05, 0) is 68.6 Å². The predicted octanol–water partition coefficient (Wildman–Crippen LogP) is 8.70. The van der Waals surface area contributed by atoms with Gasteiger partial charge in [0.1, 0.15) is 0 Å². The molecular weight excluding hydrogens is 386 g/mol. The average Bonchev–Trinajstić information content (AvgIpc) is 3.01. The second-order valence-corrected chi connectivity index (χ2v) is 10.4. The Morgan fingerprint density at radius 1 is 0.625 bits per heavy atom. The van der Waals surface area contributed by atoms with Gasteiger partial charge in [-0.1, -0.05) is 101 Å². The molecule has 1 heteroatoms. The summed E-state index contributed by atoms with van der Waals surface area (Å²) < 4.78 is 0. The first-order valence-electron chi connectivity index (χ1n) is 11.5. The van der Waals surface area contributed by atoms with Gasteiger partial charge in [-0.3, -0.25) is 0 Å². The second kappa shape index (κ2) is 7.38. The molecule has 1 aliphatic rings. The maximum absolute atomic E-state index is 3.75. The average molecular weight is 418 g/mol. The number of fused-ring (bicyclic) bond motifs is 3. The Labute approximate surface area is 192 Å². The molecule has 1 N–H and O–H groups in total. The molecule has 0 radical (unpaired) electrons. The van der Waals surface area contributed by atoms with Gasteiger partial charge in [-0.2, -0.15) is 0 Å². The molecule has 4 aromatic carbocycles. The van der Waals surface area contributed by atoms with Gasteiger partial charge < -0.3 is 5.32 Å². The van der Waals surface area contributed by atoms with E-state index in [0.717, 1.165) is 5.69 Å². The standard InChI is InChI=1S/C31H31N/c1-30(2,3)28-19-22(21-11-7-6-8-12-21)15-18-29(28)32-23-16-17-25-24-13-9-10-14-26(24)31(4,5)27(25)20-23/h6-20,32H,1-5H3. The summed E-state index contributed by atoms with van der Waals surface area (Å²) in [5.41, 5.74) is 11.7. The van der Waals surface area contributed by atoms with E-state index in [2.05, 4.69) is 131 Å². The van der Waals surface area contributed by atoms with Crippen LogP contribution >= 0.6 is 0 Å².